The van der Waals surface area contributed by atoms with E-state index >= 15 is 0 Å². The van der Waals surface area contributed by atoms with Gasteiger partial charge in [0.2, 0.25) is 15.9 Å². The van der Waals surface area contributed by atoms with Gasteiger partial charge in [-0.3, -0.25) is 9.48 Å². The summed E-state index contributed by atoms with van der Waals surface area (Å²) in [5.74, 6) is 0.498. The van der Waals surface area contributed by atoms with Crippen LogP contribution in [0.2, 0.25) is 0 Å². The zero-order valence-electron chi connectivity index (χ0n) is 15.6. The predicted molar refractivity (Wildman–Crippen MR) is 97.1 cm³/mol. The monoisotopic (exact) mass is 397 g/mol. The summed E-state index contributed by atoms with van der Waals surface area (Å²) < 4.78 is 34.1. The summed E-state index contributed by atoms with van der Waals surface area (Å²) in [4.78, 5) is 16.1. The first kappa shape index (κ1) is 18.8. The molecule has 1 aromatic heterocycles. The minimum absolute atomic E-state index is 0.0166. The smallest absolute Gasteiger partial charge is 0.220 e. The molecule has 4 heterocycles. The molecule has 27 heavy (non-hydrogen) atoms. The molecular weight excluding hydrogens is 370 g/mol. The zero-order valence-corrected chi connectivity index (χ0v) is 16.4. The van der Waals surface area contributed by atoms with Crippen LogP contribution in [0.15, 0.2) is 12.7 Å². The fraction of sp³-hybridized carbons (Fsp3) is 0.824. The fourth-order valence-corrected chi connectivity index (χ4v) is 6.05. The van der Waals surface area contributed by atoms with Crippen molar-refractivity contribution in [2.75, 3.05) is 25.4 Å². The molecule has 3 aliphatic heterocycles. The highest BCUT2D eigenvalue weighted by Crippen LogP contribution is 2.55. The van der Waals surface area contributed by atoms with E-state index in [1.165, 1.54) is 6.33 Å². The number of nitrogens with one attached hydrogen (secondary N) is 1. The number of ether oxygens (including phenoxy) is 1. The summed E-state index contributed by atoms with van der Waals surface area (Å²) in [5, 5.41) is 7.06. The molecule has 4 atom stereocenters. The number of aromatic nitrogens is 3. The summed E-state index contributed by atoms with van der Waals surface area (Å²) in [6.45, 7) is 3.88. The normalized spacial score (nSPS) is 32.7. The average molecular weight is 398 g/mol. The second-order valence-corrected chi connectivity index (χ2v) is 10.0. The van der Waals surface area contributed by atoms with Crippen molar-refractivity contribution in [1.29, 1.82) is 0 Å². The zero-order chi connectivity index (χ0) is 19.1. The third-order valence-corrected chi connectivity index (χ3v) is 8.10. The Kier molecular flexibility index (Phi) is 4.98. The SMILES string of the molecule is CCS(=O)(=O)N1C[C@@H]2[C@H](CNC(=O)CCCn3cncn3)[C@H]3CC[C@]2(C1)O3. The number of carbonyl (C=O) groups excluding carboxylic acids is 1. The van der Waals surface area contributed by atoms with Crippen molar-refractivity contribution >= 4 is 15.9 Å². The molecule has 3 aliphatic rings. The lowest BCUT2D eigenvalue weighted by Crippen LogP contribution is -2.41. The molecular formula is C17H27N5O4S. The molecule has 4 rings (SSSR count). The molecule has 1 N–H and O–H groups in total. The van der Waals surface area contributed by atoms with Crippen molar-refractivity contribution in [2.24, 2.45) is 11.8 Å². The van der Waals surface area contributed by atoms with Crippen molar-refractivity contribution in [3.8, 4) is 0 Å². The molecule has 9 nitrogen and oxygen atoms in total. The molecule has 0 aromatic carbocycles. The third kappa shape index (κ3) is 3.50. The van der Waals surface area contributed by atoms with E-state index in [1.807, 2.05) is 0 Å². The lowest BCUT2D eigenvalue weighted by molar-refractivity contribution is -0.121. The molecule has 10 heteroatoms. The molecule has 3 saturated heterocycles. The first-order valence-corrected chi connectivity index (χ1v) is 11.3. The van der Waals surface area contributed by atoms with E-state index < -0.39 is 10.0 Å². The summed E-state index contributed by atoms with van der Waals surface area (Å²) in [6, 6.07) is 0. The number of aryl methyl sites for hydroxylation is 1. The Morgan fingerprint density at radius 3 is 3.04 bits per heavy atom. The van der Waals surface area contributed by atoms with E-state index in [1.54, 1.807) is 22.2 Å². The molecule has 0 aliphatic carbocycles. The third-order valence-electron chi connectivity index (χ3n) is 6.30. The number of nitrogens with zero attached hydrogens (tertiary/aromatic N) is 4. The van der Waals surface area contributed by atoms with Crippen molar-refractivity contribution in [3.05, 3.63) is 12.7 Å². The second kappa shape index (κ2) is 7.14. The van der Waals surface area contributed by atoms with Crippen LogP contribution in [0.25, 0.3) is 0 Å². The van der Waals surface area contributed by atoms with Crippen molar-refractivity contribution < 1.29 is 17.9 Å². The van der Waals surface area contributed by atoms with Crippen molar-refractivity contribution in [2.45, 2.75) is 50.9 Å². The molecule has 1 spiro atoms. The van der Waals surface area contributed by atoms with Gasteiger partial charge in [-0.25, -0.2) is 13.4 Å². The van der Waals surface area contributed by atoms with Crippen LogP contribution in [0.5, 0.6) is 0 Å². The second-order valence-electron chi connectivity index (χ2n) is 7.79. The van der Waals surface area contributed by atoms with Gasteiger partial charge in [0.25, 0.3) is 0 Å². The summed E-state index contributed by atoms with van der Waals surface area (Å²) in [5.41, 5.74) is -0.338. The van der Waals surface area contributed by atoms with Gasteiger partial charge in [-0.1, -0.05) is 0 Å². The highest BCUT2D eigenvalue weighted by atomic mass is 32.2. The maximum atomic E-state index is 12.3. The van der Waals surface area contributed by atoms with E-state index in [0.29, 0.717) is 39.0 Å². The predicted octanol–water partition coefficient (Wildman–Crippen LogP) is 0.00360. The highest BCUT2D eigenvalue weighted by Gasteiger charge is 2.64. The number of amides is 1. The lowest BCUT2D eigenvalue weighted by Gasteiger charge is -2.29. The highest BCUT2D eigenvalue weighted by molar-refractivity contribution is 7.89. The van der Waals surface area contributed by atoms with Crippen LogP contribution < -0.4 is 5.32 Å². The Morgan fingerprint density at radius 1 is 1.44 bits per heavy atom. The average Bonchev–Trinajstić information content (AvgIpc) is 3.40. The Morgan fingerprint density at radius 2 is 2.30 bits per heavy atom. The molecule has 0 radical (unpaired) electrons. The Balaban J connectivity index is 1.30. The Labute approximate surface area is 159 Å². The number of sulfonamides is 1. The fourth-order valence-electron chi connectivity index (χ4n) is 4.89. The number of carbonyl (C=O) groups is 1. The van der Waals surface area contributed by atoms with Crippen LogP contribution in [0.4, 0.5) is 0 Å². The van der Waals surface area contributed by atoms with Crippen LogP contribution >= 0.6 is 0 Å². The first-order valence-electron chi connectivity index (χ1n) is 9.68. The van der Waals surface area contributed by atoms with Crippen LogP contribution in [0.1, 0.15) is 32.6 Å². The van der Waals surface area contributed by atoms with E-state index in [2.05, 4.69) is 15.4 Å². The molecule has 1 aromatic rings. The van der Waals surface area contributed by atoms with Crippen LogP contribution in [0, 0.1) is 11.8 Å². The van der Waals surface area contributed by atoms with Crippen molar-refractivity contribution in [1.82, 2.24) is 24.4 Å². The van der Waals surface area contributed by atoms with Gasteiger partial charge in [0.15, 0.2) is 0 Å². The van der Waals surface area contributed by atoms with E-state index in [0.717, 1.165) is 12.8 Å². The largest absolute Gasteiger partial charge is 0.370 e. The molecule has 0 unspecified atom stereocenters. The maximum absolute atomic E-state index is 12.3. The van der Waals surface area contributed by atoms with Gasteiger partial charge in [-0.2, -0.15) is 9.40 Å². The quantitative estimate of drug-likeness (QED) is 0.662. The summed E-state index contributed by atoms with van der Waals surface area (Å²) >= 11 is 0. The lowest BCUT2D eigenvalue weighted by atomic mass is 9.73. The van der Waals surface area contributed by atoms with Crippen molar-refractivity contribution in [3.63, 3.8) is 0 Å². The topological polar surface area (TPSA) is 106 Å². The number of hydrogen-bond acceptors (Lipinski definition) is 6. The van der Waals surface area contributed by atoms with Gasteiger partial charge in [0.1, 0.15) is 12.7 Å². The van der Waals surface area contributed by atoms with Crippen LogP contribution in [-0.4, -0.2) is 70.5 Å². The molecule has 0 saturated carbocycles. The number of rotatable bonds is 8. The molecule has 1 amide bonds. The maximum Gasteiger partial charge on any atom is 0.220 e. The van der Waals surface area contributed by atoms with Gasteiger partial charge in [0.05, 0.1) is 17.5 Å². The van der Waals surface area contributed by atoms with Gasteiger partial charge >= 0.3 is 0 Å². The minimum Gasteiger partial charge on any atom is -0.370 e. The first-order chi connectivity index (χ1) is 12.9. The van der Waals surface area contributed by atoms with Gasteiger partial charge in [-0.15, -0.1) is 0 Å². The van der Waals surface area contributed by atoms with Gasteiger partial charge < -0.3 is 10.1 Å². The number of fused-ring (bicyclic) bond motifs is 1. The van der Waals surface area contributed by atoms with Gasteiger partial charge in [-0.05, 0) is 26.2 Å². The van der Waals surface area contributed by atoms with Gasteiger partial charge in [0, 0.05) is 44.4 Å². The molecule has 2 bridgehead atoms. The molecule has 3 fully saturated rings. The summed E-state index contributed by atoms with van der Waals surface area (Å²) in [7, 11) is -3.21. The van der Waals surface area contributed by atoms with E-state index in [9.17, 15) is 13.2 Å². The van der Waals surface area contributed by atoms with E-state index in [4.69, 9.17) is 4.74 Å². The Bertz CT molecular complexity index is 783. The Hall–Kier alpha value is -1.52. The standard InChI is InChI=1S/C17H27N5O4S/c1-2-27(24,25)22-9-14-13(15-5-6-17(14,10-22)26-15)8-19-16(23)4-3-7-21-12-18-11-20-21/h11-15H,2-10H2,1H3,(H,19,23)/t13-,14+,15+,17+/m0/s1. The summed E-state index contributed by atoms with van der Waals surface area (Å²) in [6.07, 6.45) is 6.26. The molecule has 150 valence electrons. The minimum atomic E-state index is -3.21. The van der Waals surface area contributed by atoms with Crippen LogP contribution in [-0.2, 0) is 26.1 Å². The number of hydrogen-bond donors (Lipinski definition) is 1. The van der Waals surface area contributed by atoms with Crippen LogP contribution in [0.3, 0.4) is 0 Å². The van der Waals surface area contributed by atoms with E-state index in [-0.39, 0.29) is 35.2 Å².